The first-order valence-electron chi connectivity index (χ1n) is 5.09. The predicted octanol–water partition coefficient (Wildman–Crippen LogP) is 3.49. The lowest BCUT2D eigenvalue weighted by Crippen LogP contribution is -2.25. The molecular weight excluding hydrogens is 186 g/mol. The van der Waals surface area contributed by atoms with Crippen molar-refractivity contribution in [3.05, 3.63) is 36.0 Å². The highest BCUT2D eigenvalue weighted by Gasteiger charge is 2.22. The fourth-order valence-electron chi connectivity index (χ4n) is 1.37. The summed E-state index contributed by atoms with van der Waals surface area (Å²) >= 11 is 0. The van der Waals surface area contributed by atoms with Crippen molar-refractivity contribution in [3.63, 3.8) is 0 Å². The summed E-state index contributed by atoms with van der Waals surface area (Å²) in [4.78, 5) is 4.32. The zero-order valence-electron chi connectivity index (χ0n) is 9.32. The highest BCUT2D eigenvalue weighted by molar-refractivity contribution is 5.86. The summed E-state index contributed by atoms with van der Waals surface area (Å²) in [6.07, 6.45) is 3.76. The van der Waals surface area contributed by atoms with E-state index < -0.39 is 0 Å². The molecule has 78 valence electrons. The smallest absolute Gasteiger partial charge is 0.200 e. The van der Waals surface area contributed by atoms with Crippen LogP contribution in [0.15, 0.2) is 35.5 Å². The molecule has 0 saturated heterocycles. The van der Waals surface area contributed by atoms with Gasteiger partial charge in [-0.25, -0.2) is 4.99 Å². The largest absolute Gasteiger partial charge is 0.442 e. The highest BCUT2D eigenvalue weighted by Crippen LogP contribution is 2.26. The van der Waals surface area contributed by atoms with Crippen molar-refractivity contribution in [2.75, 3.05) is 0 Å². The molecule has 0 amide bonds. The van der Waals surface area contributed by atoms with E-state index in [2.05, 4.69) is 25.8 Å². The number of benzene rings is 1. The molecule has 2 rings (SSSR count). The van der Waals surface area contributed by atoms with Crippen molar-refractivity contribution in [2.45, 2.75) is 20.8 Å². The topological polar surface area (TPSA) is 21.6 Å². The second-order valence-corrected chi connectivity index (χ2v) is 4.64. The lowest BCUT2D eigenvalue weighted by molar-refractivity contribution is 0.434. The fraction of sp³-hybridized carbons (Fsp3) is 0.308. The Morgan fingerprint density at radius 3 is 2.60 bits per heavy atom. The minimum Gasteiger partial charge on any atom is -0.442 e. The van der Waals surface area contributed by atoms with Crippen LogP contribution in [0, 0.1) is 5.41 Å². The molecule has 0 unspecified atom stereocenters. The maximum atomic E-state index is 5.81. The van der Waals surface area contributed by atoms with Crippen LogP contribution >= 0.6 is 0 Å². The first-order valence-corrected chi connectivity index (χ1v) is 5.09. The van der Waals surface area contributed by atoms with Crippen LogP contribution in [0.2, 0.25) is 0 Å². The number of hydrogen-bond donors (Lipinski definition) is 0. The van der Waals surface area contributed by atoms with E-state index in [1.165, 1.54) is 0 Å². The summed E-state index contributed by atoms with van der Waals surface area (Å²) in [5.74, 6) is 1.63. The summed E-state index contributed by atoms with van der Waals surface area (Å²) in [7, 11) is 0. The zero-order chi connectivity index (χ0) is 10.9. The lowest BCUT2D eigenvalue weighted by atomic mass is 9.96. The predicted molar refractivity (Wildman–Crippen MR) is 63.0 cm³/mol. The second-order valence-electron chi connectivity index (χ2n) is 4.64. The van der Waals surface area contributed by atoms with Crippen LogP contribution in [0.1, 0.15) is 26.3 Å². The molecule has 2 heteroatoms. The fourth-order valence-corrected chi connectivity index (χ4v) is 1.37. The Morgan fingerprint density at radius 2 is 1.87 bits per heavy atom. The first kappa shape index (κ1) is 9.97. The van der Waals surface area contributed by atoms with Gasteiger partial charge in [0.15, 0.2) is 5.90 Å². The van der Waals surface area contributed by atoms with Crippen molar-refractivity contribution in [1.82, 2.24) is 0 Å². The van der Waals surface area contributed by atoms with Gasteiger partial charge in [-0.2, -0.15) is 0 Å². The van der Waals surface area contributed by atoms with Gasteiger partial charge in [-0.1, -0.05) is 39.0 Å². The van der Waals surface area contributed by atoms with Crippen LogP contribution in [0.3, 0.4) is 0 Å². The van der Waals surface area contributed by atoms with Crippen LogP contribution in [0.5, 0.6) is 5.75 Å². The monoisotopic (exact) mass is 201 g/mol. The molecule has 0 spiro atoms. The van der Waals surface area contributed by atoms with Crippen molar-refractivity contribution >= 4 is 12.0 Å². The van der Waals surface area contributed by atoms with Gasteiger partial charge in [-0.05, 0) is 12.1 Å². The molecular formula is C13H15NO. The maximum Gasteiger partial charge on any atom is 0.200 e. The maximum absolute atomic E-state index is 5.81. The number of rotatable bonds is 0. The van der Waals surface area contributed by atoms with Crippen molar-refractivity contribution in [3.8, 4) is 5.75 Å². The van der Waals surface area contributed by atoms with Gasteiger partial charge < -0.3 is 4.74 Å². The van der Waals surface area contributed by atoms with Gasteiger partial charge in [0.2, 0.25) is 0 Å². The number of hydrogen-bond acceptors (Lipinski definition) is 2. The first-order chi connectivity index (χ1) is 7.07. The lowest BCUT2D eigenvalue weighted by Gasteiger charge is -2.20. The van der Waals surface area contributed by atoms with E-state index in [1.54, 1.807) is 6.20 Å². The van der Waals surface area contributed by atoms with Crippen molar-refractivity contribution < 1.29 is 4.74 Å². The van der Waals surface area contributed by atoms with Gasteiger partial charge in [-0.3, -0.25) is 0 Å². The summed E-state index contributed by atoms with van der Waals surface area (Å²) < 4.78 is 5.81. The van der Waals surface area contributed by atoms with Crippen molar-refractivity contribution in [1.29, 1.82) is 0 Å². The van der Waals surface area contributed by atoms with E-state index in [0.29, 0.717) is 0 Å². The van der Waals surface area contributed by atoms with E-state index in [4.69, 9.17) is 4.74 Å². The van der Waals surface area contributed by atoms with Crippen LogP contribution in [0.4, 0.5) is 0 Å². The zero-order valence-corrected chi connectivity index (χ0v) is 9.32. The van der Waals surface area contributed by atoms with Gasteiger partial charge in [0.25, 0.3) is 0 Å². The summed E-state index contributed by atoms with van der Waals surface area (Å²) in [5, 5.41) is 0. The van der Waals surface area contributed by atoms with E-state index in [0.717, 1.165) is 17.2 Å². The third-order valence-electron chi connectivity index (χ3n) is 2.21. The van der Waals surface area contributed by atoms with Crippen LogP contribution in [0.25, 0.3) is 6.08 Å². The van der Waals surface area contributed by atoms with E-state index in [-0.39, 0.29) is 5.41 Å². The Morgan fingerprint density at radius 1 is 1.13 bits per heavy atom. The molecule has 15 heavy (non-hydrogen) atoms. The SMILES string of the molecule is CC(C)(C)C1=NC=Cc2ccccc2O1. The van der Waals surface area contributed by atoms with Gasteiger partial charge in [0.05, 0.1) is 0 Å². The Kier molecular flexibility index (Phi) is 2.35. The van der Waals surface area contributed by atoms with Crippen LogP contribution < -0.4 is 4.74 Å². The third kappa shape index (κ3) is 2.09. The number of para-hydroxylation sites is 1. The molecule has 0 radical (unpaired) electrons. The second kappa shape index (κ2) is 3.54. The quantitative estimate of drug-likeness (QED) is 0.629. The normalized spacial score (nSPS) is 15.0. The molecule has 2 nitrogen and oxygen atoms in total. The molecule has 1 heterocycles. The number of nitrogens with zero attached hydrogens (tertiary/aromatic N) is 1. The number of aliphatic imine (C=N–C) groups is 1. The minimum absolute atomic E-state index is 0.0677. The molecule has 1 aliphatic heterocycles. The molecule has 0 bridgehead atoms. The molecule has 0 saturated carbocycles. The third-order valence-corrected chi connectivity index (χ3v) is 2.21. The summed E-state index contributed by atoms with van der Waals surface area (Å²) in [6, 6.07) is 7.95. The molecule has 1 aliphatic rings. The van der Waals surface area contributed by atoms with E-state index in [1.807, 2.05) is 30.3 Å². The molecule has 0 N–H and O–H groups in total. The average Bonchev–Trinajstić information content (AvgIpc) is 2.38. The Labute approximate surface area is 90.3 Å². The van der Waals surface area contributed by atoms with Crippen molar-refractivity contribution in [2.24, 2.45) is 10.4 Å². The van der Waals surface area contributed by atoms with Gasteiger partial charge in [0.1, 0.15) is 5.75 Å². The summed E-state index contributed by atoms with van der Waals surface area (Å²) in [6.45, 7) is 6.27. The Hall–Kier alpha value is -1.57. The van der Waals surface area contributed by atoms with E-state index in [9.17, 15) is 0 Å². The van der Waals surface area contributed by atoms with Crippen LogP contribution in [-0.2, 0) is 0 Å². The molecule has 0 aromatic heterocycles. The minimum atomic E-state index is -0.0677. The van der Waals surface area contributed by atoms with Gasteiger partial charge >= 0.3 is 0 Å². The Balaban J connectivity index is 2.40. The molecule has 1 aromatic carbocycles. The number of fused-ring (bicyclic) bond motifs is 1. The molecule has 0 fully saturated rings. The standard InChI is InChI=1S/C13H15NO/c1-13(2,3)12-14-9-8-10-6-4-5-7-11(10)15-12/h4-9H,1-3H3. The van der Waals surface area contributed by atoms with Gasteiger partial charge in [-0.15, -0.1) is 0 Å². The average molecular weight is 201 g/mol. The molecule has 0 atom stereocenters. The molecule has 0 aliphatic carbocycles. The summed E-state index contributed by atoms with van der Waals surface area (Å²) in [5.41, 5.74) is 1.00. The highest BCUT2D eigenvalue weighted by atomic mass is 16.5. The van der Waals surface area contributed by atoms with Crippen LogP contribution in [-0.4, -0.2) is 5.90 Å². The van der Waals surface area contributed by atoms with E-state index >= 15 is 0 Å². The van der Waals surface area contributed by atoms with Gasteiger partial charge in [0, 0.05) is 17.2 Å². The Bertz CT molecular complexity index is 424. The molecule has 1 aromatic rings. The number of ether oxygens (including phenoxy) is 1.